The van der Waals surface area contributed by atoms with E-state index in [1.54, 1.807) is 6.92 Å². The summed E-state index contributed by atoms with van der Waals surface area (Å²) < 4.78 is 9.93. The van der Waals surface area contributed by atoms with E-state index in [9.17, 15) is 9.59 Å². The van der Waals surface area contributed by atoms with E-state index >= 15 is 0 Å². The molecule has 0 radical (unpaired) electrons. The van der Waals surface area contributed by atoms with Crippen molar-refractivity contribution in [1.82, 2.24) is 5.32 Å². The van der Waals surface area contributed by atoms with Crippen LogP contribution in [0.4, 0.5) is 0 Å². The van der Waals surface area contributed by atoms with Gasteiger partial charge in [-0.05, 0) is 27.2 Å². The van der Waals surface area contributed by atoms with Gasteiger partial charge in [-0.25, -0.2) is 4.79 Å². The van der Waals surface area contributed by atoms with E-state index in [1.165, 1.54) is 0 Å². The van der Waals surface area contributed by atoms with Crippen molar-refractivity contribution in [2.75, 3.05) is 19.8 Å². The lowest BCUT2D eigenvalue weighted by Crippen LogP contribution is -2.47. The van der Waals surface area contributed by atoms with E-state index in [0.29, 0.717) is 19.6 Å². The zero-order valence-corrected chi connectivity index (χ0v) is 10.7. The van der Waals surface area contributed by atoms with Gasteiger partial charge >= 0.3 is 5.97 Å². The number of carbonyl (C=O) groups is 2. The van der Waals surface area contributed by atoms with Crippen molar-refractivity contribution >= 4 is 11.9 Å². The van der Waals surface area contributed by atoms with E-state index < -0.39 is 17.9 Å². The highest BCUT2D eigenvalue weighted by atomic mass is 16.5. The number of rotatable bonds is 8. The summed E-state index contributed by atoms with van der Waals surface area (Å²) in [4.78, 5) is 22.5. The Balaban J connectivity index is 3.67. The monoisotopic (exact) mass is 246 g/mol. The zero-order valence-electron chi connectivity index (χ0n) is 10.7. The normalized spacial score (nSPS) is 12.3. The summed E-state index contributed by atoms with van der Waals surface area (Å²) in [5.74, 6) is -1.23. The van der Waals surface area contributed by atoms with Gasteiger partial charge in [-0.1, -0.05) is 0 Å². The van der Waals surface area contributed by atoms with Crippen LogP contribution in [0, 0.1) is 0 Å². The van der Waals surface area contributed by atoms with Gasteiger partial charge in [0.15, 0.2) is 6.04 Å². The molecule has 1 atom stereocenters. The number of amides is 1. The van der Waals surface area contributed by atoms with E-state index in [0.717, 1.165) is 0 Å². The molecule has 0 aromatic rings. The molecule has 0 heterocycles. The van der Waals surface area contributed by atoms with Crippen molar-refractivity contribution in [2.45, 2.75) is 39.3 Å². The zero-order chi connectivity index (χ0) is 13.3. The Kier molecular flexibility index (Phi) is 8.35. The minimum absolute atomic E-state index is 0.174. The van der Waals surface area contributed by atoms with E-state index in [2.05, 4.69) is 10.1 Å². The summed E-state index contributed by atoms with van der Waals surface area (Å²) in [5.41, 5.74) is 5.39. The van der Waals surface area contributed by atoms with Crippen LogP contribution >= 0.6 is 0 Å². The molecule has 0 aromatic carbocycles. The summed E-state index contributed by atoms with van der Waals surface area (Å²) in [7, 11) is 0. The summed E-state index contributed by atoms with van der Waals surface area (Å²) in [6.07, 6.45) is 0.854. The number of carbonyl (C=O) groups excluding carboxylic acids is 2. The molecule has 0 rings (SSSR count). The molecule has 0 saturated heterocycles. The van der Waals surface area contributed by atoms with E-state index in [4.69, 9.17) is 10.5 Å². The number of esters is 1. The van der Waals surface area contributed by atoms with Crippen LogP contribution in [0.2, 0.25) is 0 Å². The largest absolute Gasteiger partial charge is 0.464 e. The predicted molar refractivity (Wildman–Crippen MR) is 63.3 cm³/mol. The van der Waals surface area contributed by atoms with Crippen LogP contribution in [0.1, 0.15) is 27.2 Å². The minimum Gasteiger partial charge on any atom is -0.464 e. The van der Waals surface area contributed by atoms with Crippen LogP contribution in [0.15, 0.2) is 0 Å². The van der Waals surface area contributed by atoms with Gasteiger partial charge < -0.3 is 20.5 Å². The molecule has 6 nitrogen and oxygen atoms in total. The summed E-state index contributed by atoms with van der Waals surface area (Å²) in [6.45, 7) is 6.74. The molecule has 6 heteroatoms. The Morgan fingerprint density at radius 2 is 2.00 bits per heavy atom. The van der Waals surface area contributed by atoms with Gasteiger partial charge in [0.05, 0.1) is 12.7 Å². The first-order chi connectivity index (χ1) is 7.99. The second-order valence-electron chi connectivity index (χ2n) is 3.79. The van der Waals surface area contributed by atoms with Crippen molar-refractivity contribution in [3.63, 3.8) is 0 Å². The minimum atomic E-state index is -1.25. The third kappa shape index (κ3) is 7.70. The molecule has 100 valence electrons. The van der Waals surface area contributed by atoms with Gasteiger partial charge in [0, 0.05) is 13.2 Å². The van der Waals surface area contributed by atoms with Crippen LogP contribution in [0.25, 0.3) is 0 Å². The van der Waals surface area contributed by atoms with E-state index in [1.807, 2.05) is 13.8 Å². The molecular weight excluding hydrogens is 224 g/mol. The third-order valence-corrected chi connectivity index (χ3v) is 1.89. The number of ether oxygens (including phenoxy) is 2. The van der Waals surface area contributed by atoms with Crippen molar-refractivity contribution in [3.8, 4) is 0 Å². The molecule has 1 unspecified atom stereocenters. The fourth-order valence-corrected chi connectivity index (χ4v) is 1.05. The number of hydrogen-bond acceptors (Lipinski definition) is 5. The quantitative estimate of drug-likeness (QED) is 0.352. The molecule has 0 fully saturated rings. The van der Waals surface area contributed by atoms with Crippen molar-refractivity contribution in [1.29, 1.82) is 0 Å². The summed E-state index contributed by atoms with van der Waals surface area (Å²) in [6, 6.07) is -1.25. The van der Waals surface area contributed by atoms with Crippen LogP contribution in [-0.4, -0.2) is 43.8 Å². The standard InChI is InChI=1S/C11H22N2O4/c1-4-16-11(15)9(12)10(14)13-6-5-7-17-8(2)3/h8-9H,4-7,12H2,1-3H3,(H,13,14). The van der Waals surface area contributed by atoms with Crippen molar-refractivity contribution < 1.29 is 19.1 Å². The van der Waals surface area contributed by atoms with Gasteiger partial charge in [0.2, 0.25) is 5.91 Å². The third-order valence-electron chi connectivity index (χ3n) is 1.89. The molecular formula is C11H22N2O4. The fraction of sp³-hybridized carbons (Fsp3) is 0.818. The molecule has 0 aliphatic rings. The molecule has 1 amide bonds. The average molecular weight is 246 g/mol. The second kappa shape index (κ2) is 8.95. The lowest BCUT2D eigenvalue weighted by atomic mass is 10.3. The second-order valence-corrected chi connectivity index (χ2v) is 3.79. The lowest BCUT2D eigenvalue weighted by Gasteiger charge is -2.11. The fourth-order valence-electron chi connectivity index (χ4n) is 1.05. The van der Waals surface area contributed by atoms with Gasteiger partial charge in [-0.15, -0.1) is 0 Å². The predicted octanol–water partition coefficient (Wildman–Crippen LogP) is -0.192. The maximum Gasteiger partial charge on any atom is 0.332 e. The van der Waals surface area contributed by atoms with Gasteiger partial charge in [-0.3, -0.25) is 4.79 Å². The topological polar surface area (TPSA) is 90.7 Å². The van der Waals surface area contributed by atoms with Crippen LogP contribution in [-0.2, 0) is 19.1 Å². The van der Waals surface area contributed by atoms with Crippen LogP contribution in [0.3, 0.4) is 0 Å². The Hall–Kier alpha value is -1.14. The Morgan fingerprint density at radius 3 is 2.53 bits per heavy atom. The highest BCUT2D eigenvalue weighted by Crippen LogP contribution is 1.90. The molecule has 0 aromatic heterocycles. The first-order valence-electron chi connectivity index (χ1n) is 5.80. The van der Waals surface area contributed by atoms with Gasteiger partial charge in [-0.2, -0.15) is 0 Å². The first-order valence-corrected chi connectivity index (χ1v) is 5.80. The Labute approximate surface area is 102 Å². The molecule has 0 aliphatic heterocycles. The maximum absolute atomic E-state index is 11.4. The van der Waals surface area contributed by atoms with Crippen molar-refractivity contribution in [3.05, 3.63) is 0 Å². The van der Waals surface area contributed by atoms with Gasteiger partial charge in [0.1, 0.15) is 0 Å². The Bertz CT molecular complexity index is 244. The number of hydrogen-bond donors (Lipinski definition) is 2. The molecule has 0 bridgehead atoms. The van der Waals surface area contributed by atoms with Crippen LogP contribution in [0.5, 0.6) is 0 Å². The van der Waals surface area contributed by atoms with Crippen molar-refractivity contribution in [2.24, 2.45) is 5.73 Å². The SMILES string of the molecule is CCOC(=O)C(N)C(=O)NCCCOC(C)C. The van der Waals surface area contributed by atoms with Crippen LogP contribution < -0.4 is 11.1 Å². The van der Waals surface area contributed by atoms with Gasteiger partial charge in [0.25, 0.3) is 0 Å². The smallest absolute Gasteiger partial charge is 0.332 e. The molecule has 17 heavy (non-hydrogen) atoms. The molecule has 0 saturated carbocycles. The number of nitrogens with one attached hydrogen (secondary N) is 1. The molecule has 0 spiro atoms. The molecule has 3 N–H and O–H groups in total. The first kappa shape index (κ1) is 15.9. The molecule has 0 aliphatic carbocycles. The average Bonchev–Trinajstić information content (AvgIpc) is 2.27. The lowest BCUT2D eigenvalue weighted by molar-refractivity contribution is -0.147. The highest BCUT2D eigenvalue weighted by Gasteiger charge is 2.22. The maximum atomic E-state index is 11.4. The van der Waals surface area contributed by atoms with E-state index in [-0.39, 0.29) is 12.7 Å². The summed E-state index contributed by atoms with van der Waals surface area (Å²) >= 11 is 0. The highest BCUT2D eigenvalue weighted by molar-refractivity contribution is 6.01. The summed E-state index contributed by atoms with van der Waals surface area (Å²) in [5, 5.41) is 2.55. The number of nitrogens with two attached hydrogens (primary N) is 1. The Morgan fingerprint density at radius 1 is 1.35 bits per heavy atom.